The van der Waals surface area contributed by atoms with Gasteiger partial charge in [-0.3, -0.25) is 4.79 Å². The van der Waals surface area contributed by atoms with E-state index in [0.717, 1.165) is 12.8 Å². The van der Waals surface area contributed by atoms with E-state index in [4.69, 9.17) is 26.7 Å². The molecule has 0 spiro atoms. The van der Waals surface area contributed by atoms with Gasteiger partial charge in [-0.1, -0.05) is 51.4 Å². The zero-order chi connectivity index (χ0) is 29.4. The maximum Gasteiger partial charge on any atom is 0.493 e. The minimum Gasteiger partial charge on any atom is -0.478 e. The summed E-state index contributed by atoms with van der Waals surface area (Å²) in [7, 11) is -1.31. The number of aliphatic hydroxyl groups excluding tert-OH is 1. The van der Waals surface area contributed by atoms with Crippen LogP contribution in [0.1, 0.15) is 71.5 Å². The molecule has 1 aromatic rings. The van der Waals surface area contributed by atoms with E-state index in [2.05, 4.69) is 20.4 Å². The van der Waals surface area contributed by atoms with Crippen LogP contribution in [0, 0.1) is 39.9 Å². The Kier molecular flexibility index (Phi) is 7.49. The molecular formula is C30H41BClNO7. The van der Waals surface area contributed by atoms with Gasteiger partial charge in [0.25, 0.3) is 0 Å². The molecule has 8 nitrogen and oxygen atoms in total. The zero-order valence-electron chi connectivity index (χ0n) is 23.7. The molecule has 1 aromatic carbocycles. The third-order valence-electron chi connectivity index (χ3n) is 11.6. The highest BCUT2D eigenvalue weighted by Gasteiger charge is 2.69. The Balaban J connectivity index is 1.66. The molecule has 0 radical (unpaired) electrons. The molecule has 0 saturated heterocycles. The number of carboxylic acids is 1. The van der Waals surface area contributed by atoms with Gasteiger partial charge in [-0.2, -0.15) is 0 Å². The van der Waals surface area contributed by atoms with Crippen LogP contribution in [-0.4, -0.2) is 52.9 Å². The van der Waals surface area contributed by atoms with Gasteiger partial charge in [0, 0.05) is 35.7 Å². The Labute approximate surface area is 241 Å². The van der Waals surface area contributed by atoms with E-state index >= 15 is 0 Å². The Hall–Kier alpha value is -1.91. The summed E-state index contributed by atoms with van der Waals surface area (Å²) in [6.07, 6.45) is 2.04. The number of carbonyl (C=O) groups excluding carboxylic acids is 1. The number of aliphatic hydroxyl groups is 1. The quantitative estimate of drug-likeness (QED) is 0.300. The summed E-state index contributed by atoms with van der Waals surface area (Å²) in [6, 6.07) is 3.28. The number of carbonyl (C=O) groups is 2. The maximum absolute atomic E-state index is 13.7. The standard InChI is InChI=1S/C30H41BClNO7/c1-6-28(4)13-18(29(5)15(2)9-11-30(16(3)26(28)35)12-10-19(34)25(29)30)24(27(36)37)39-20-8-7-17-21(14-33)40-31(38)22(17)23(20)32/h6-8,15-16,18,21,24-26,35,38H,1,9-14,33H2,2-5H3,(H,36,37)/t15-,16+,18+,21?,24?,25+,26+,28-,29-,30+/m1/s1. The second-order valence-corrected chi connectivity index (χ2v) is 13.5. The van der Waals surface area contributed by atoms with Gasteiger partial charge in [0.1, 0.15) is 11.5 Å². The summed E-state index contributed by atoms with van der Waals surface area (Å²) in [5.74, 6) is -2.09. The predicted molar refractivity (Wildman–Crippen MR) is 152 cm³/mol. The van der Waals surface area contributed by atoms with Crippen LogP contribution in [-0.2, 0) is 14.2 Å². The number of aliphatic carboxylic acids is 1. The minimum atomic E-state index is -1.38. The van der Waals surface area contributed by atoms with Crippen LogP contribution in [0.25, 0.3) is 0 Å². The minimum absolute atomic E-state index is 0.0376. The summed E-state index contributed by atoms with van der Waals surface area (Å²) in [5, 5.41) is 33.1. The van der Waals surface area contributed by atoms with Gasteiger partial charge in [-0.25, -0.2) is 4.79 Å². The van der Waals surface area contributed by atoms with Gasteiger partial charge >= 0.3 is 13.1 Å². The highest BCUT2D eigenvalue weighted by molar-refractivity contribution is 6.65. The lowest BCUT2D eigenvalue weighted by Crippen LogP contribution is -2.63. The molecule has 5 N–H and O–H groups in total. The van der Waals surface area contributed by atoms with Crippen molar-refractivity contribution in [1.82, 2.24) is 0 Å². The van der Waals surface area contributed by atoms with Crippen molar-refractivity contribution >= 4 is 35.9 Å². The topological polar surface area (TPSA) is 139 Å². The molecule has 0 amide bonds. The molecule has 3 aliphatic carbocycles. The molecule has 5 rings (SSSR count). The molecule has 10 heteroatoms. The number of hydrogen-bond acceptors (Lipinski definition) is 7. The van der Waals surface area contributed by atoms with Crippen LogP contribution < -0.4 is 15.9 Å². The van der Waals surface area contributed by atoms with Crippen molar-refractivity contribution in [1.29, 1.82) is 0 Å². The molecule has 2 bridgehead atoms. The van der Waals surface area contributed by atoms with E-state index in [-0.39, 0.29) is 41.4 Å². The third-order valence-corrected chi connectivity index (χ3v) is 12.0. The molecule has 1 aliphatic heterocycles. The largest absolute Gasteiger partial charge is 0.493 e. The van der Waals surface area contributed by atoms with E-state index in [1.54, 1.807) is 18.2 Å². The molecule has 3 saturated carbocycles. The first kappa shape index (κ1) is 29.6. The van der Waals surface area contributed by atoms with Crippen molar-refractivity contribution in [2.75, 3.05) is 6.54 Å². The van der Waals surface area contributed by atoms with Gasteiger partial charge in [-0.05, 0) is 60.0 Å². The third kappa shape index (κ3) is 4.03. The van der Waals surface area contributed by atoms with E-state index in [1.807, 2.05) is 13.8 Å². The molecule has 0 aromatic heterocycles. The number of hydrogen-bond donors (Lipinski definition) is 4. The number of benzene rings is 1. The molecule has 40 heavy (non-hydrogen) atoms. The Morgan fingerprint density at radius 3 is 2.67 bits per heavy atom. The van der Waals surface area contributed by atoms with Crippen LogP contribution >= 0.6 is 11.6 Å². The normalized spacial score (nSPS) is 41.5. The number of halogens is 1. The summed E-state index contributed by atoms with van der Waals surface area (Å²) in [5.41, 5.74) is 4.78. The van der Waals surface area contributed by atoms with Gasteiger partial charge in [0.15, 0.2) is 6.10 Å². The second kappa shape index (κ2) is 10.1. The van der Waals surface area contributed by atoms with Crippen molar-refractivity contribution in [3.05, 3.63) is 35.4 Å². The first-order chi connectivity index (χ1) is 18.8. The number of Topliss-reactive ketones (excluding diaryl/α,β-unsaturated/α-hetero) is 1. The monoisotopic (exact) mass is 573 g/mol. The van der Waals surface area contributed by atoms with Crippen LogP contribution in [0.5, 0.6) is 5.75 Å². The lowest BCUT2D eigenvalue weighted by Gasteiger charge is -2.63. The molecule has 218 valence electrons. The number of ketones is 1. The van der Waals surface area contributed by atoms with Crippen molar-refractivity contribution in [3.8, 4) is 5.75 Å². The molecule has 4 aliphatic rings. The highest BCUT2D eigenvalue weighted by Crippen LogP contribution is 2.69. The van der Waals surface area contributed by atoms with Gasteiger partial charge in [0.2, 0.25) is 0 Å². The average molecular weight is 574 g/mol. The maximum atomic E-state index is 13.7. The lowest BCUT2D eigenvalue weighted by molar-refractivity contribution is -0.193. The molecule has 1 heterocycles. The van der Waals surface area contributed by atoms with E-state index in [9.17, 15) is 24.8 Å². The van der Waals surface area contributed by atoms with E-state index < -0.39 is 59.5 Å². The Morgan fingerprint density at radius 1 is 1.35 bits per heavy atom. The number of rotatable bonds is 6. The highest BCUT2D eigenvalue weighted by atomic mass is 35.5. The molecule has 3 fully saturated rings. The summed E-state index contributed by atoms with van der Waals surface area (Å²) in [4.78, 5) is 26.8. The predicted octanol–water partition coefficient (Wildman–Crippen LogP) is 3.50. The van der Waals surface area contributed by atoms with Crippen LogP contribution in [0.4, 0.5) is 0 Å². The summed E-state index contributed by atoms with van der Waals surface area (Å²) < 4.78 is 11.8. The van der Waals surface area contributed by atoms with E-state index in [0.29, 0.717) is 23.9 Å². The summed E-state index contributed by atoms with van der Waals surface area (Å²) >= 11 is 6.71. The number of fused-ring (bicyclic) bond motifs is 1. The zero-order valence-corrected chi connectivity index (χ0v) is 24.5. The second-order valence-electron chi connectivity index (χ2n) is 13.2. The molecule has 2 unspecified atom stereocenters. The van der Waals surface area contributed by atoms with Crippen LogP contribution in [0.15, 0.2) is 24.8 Å². The number of carboxylic acid groups (broad SMARTS) is 1. The van der Waals surface area contributed by atoms with Crippen molar-refractivity contribution in [2.45, 2.75) is 78.1 Å². The van der Waals surface area contributed by atoms with Crippen LogP contribution in [0.2, 0.25) is 5.02 Å². The first-order valence-corrected chi connectivity index (χ1v) is 14.7. The molecule has 10 atom stereocenters. The van der Waals surface area contributed by atoms with Crippen molar-refractivity contribution in [3.63, 3.8) is 0 Å². The van der Waals surface area contributed by atoms with Gasteiger partial charge in [-0.15, -0.1) is 6.58 Å². The number of nitrogens with two attached hydrogens (primary N) is 1. The number of ether oxygens (including phenoxy) is 1. The smallest absolute Gasteiger partial charge is 0.478 e. The van der Waals surface area contributed by atoms with Gasteiger partial charge < -0.3 is 30.4 Å². The Bertz CT molecular complexity index is 1230. The molecular weight excluding hydrogens is 533 g/mol. The van der Waals surface area contributed by atoms with Crippen molar-refractivity contribution < 1.29 is 34.2 Å². The van der Waals surface area contributed by atoms with Crippen LogP contribution in [0.3, 0.4) is 0 Å². The lowest BCUT2D eigenvalue weighted by atomic mass is 9.41. The average Bonchev–Trinajstić information content (AvgIpc) is 3.45. The SMILES string of the molecule is C=C[C@]1(C)C[C@@H](C(Oc2ccc3c(c2Cl)B(O)OC3CN)C(=O)O)[C@@]2(C)[C@H](C)CC[C@]3(CCC(=O)[C@H]32)[C@@H](C)[C@@H]1O. The fourth-order valence-corrected chi connectivity index (χ4v) is 9.36. The Morgan fingerprint density at radius 2 is 2.05 bits per heavy atom. The summed E-state index contributed by atoms with van der Waals surface area (Å²) in [6.45, 7) is 12.3. The first-order valence-electron chi connectivity index (χ1n) is 14.4. The van der Waals surface area contributed by atoms with Crippen molar-refractivity contribution in [2.24, 2.45) is 45.7 Å². The van der Waals surface area contributed by atoms with Gasteiger partial charge in [0.05, 0.1) is 17.2 Å². The van der Waals surface area contributed by atoms with E-state index in [1.165, 1.54) is 0 Å². The fourth-order valence-electron chi connectivity index (χ4n) is 9.05. The fraction of sp³-hybridized carbons (Fsp3) is 0.667.